The zero-order valence-corrected chi connectivity index (χ0v) is 14.7. The van der Waals surface area contributed by atoms with E-state index in [9.17, 15) is 13.2 Å². The second-order valence-corrected chi connectivity index (χ2v) is 6.51. The largest absolute Gasteiger partial charge is 0.417 e. The van der Waals surface area contributed by atoms with Gasteiger partial charge in [-0.2, -0.15) is 13.2 Å². The molecule has 0 spiro atoms. The third-order valence-corrected chi connectivity index (χ3v) is 4.88. The number of rotatable bonds is 2. The molecule has 6 nitrogen and oxygen atoms in total. The smallest absolute Gasteiger partial charge is 0.306 e. The molecule has 10 heteroatoms. The second-order valence-electron chi connectivity index (χ2n) is 6.14. The number of aryl methyl sites for hydroxylation is 1. The lowest BCUT2D eigenvalue weighted by Crippen LogP contribution is -2.23. The van der Waals surface area contributed by atoms with Crippen molar-refractivity contribution >= 4 is 11.6 Å². The van der Waals surface area contributed by atoms with E-state index < -0.39 is 11.7 Å². The molecule has 1 aromatic carbocycles. The summed E-state index contributed by atoms with van der Waals surface area (Å²) in [5.74, 6) is 2.15. The van der Waals surface area contributed by atoms with Gasteiger partial charge in [-0.3, -0.25) is 4.57 Å². The molecule has 0 radical (unpaired) electrons. The molecule has 4 rings (SSSR count). The lowest BCUT2D eigenvalue weighted by Gasteiger charge is -2.25. The van der Waals surface area contributed by atoms with Crippen LogP contribution in [0.4, 0.5) is 13.2 Å². The Kier molecular flexibility index (Phi) is 3.80. The van der Waals surface area contributed by atoms with Gasteiger partial charge in [0.05, 0.1) is 16.6 Å². The van der Waals surface area contributed by atoms with Gasteiger partial charge in [-0.25, -0.2) is 0 Å². The van der Waals surface area contributed by atoms with Gasteiger partial charge in [0.1, 0.15) is 5.82 Å². The maximum atomic E-state index is 13.2. The van der Waals surface area contributed by atoms with Gasteiger partial charge in [-0.05, 0) is 19.1 Å². The Hall–Kier alpha value is -2.42. The van der Waals surface area contributed by atoms with Crippen molar-refractivity contribution in [2.45, 2.75) is 39.0 Å². The van der Waals surface area contributed by atoms with Gasteiger partial charge in [0.25, 0.3) is 0 Å². The molecule has 0 bridgehead atoms. The van der Waals surface area contributed by atoms with E-state index in [1.807, 2.05) is 18.4 Å². The van der Waals surface area contributed by atoms with Crippen molar-refractivity contribution in [1.29, 1.82) is 0 Å². The summed E-state index contributed by atoms with van der Waals surface area (Å²) in [5, 5.41) is 16.2. The van der Waals surface area contributed by atoms with Crippen molar-refractivity contribution in [2.24, 2.45) is 0 Å². The fraction of sp³-hybridized carbons (Fsp3) is 0.375. The summed E-state index contributed by atoms with van der Waals surface area (Å²) < 4.78 is 43.3. The number of fused-ring (bicyclic) bond motifs is 3. The summed E-state index contributed by atoms with van der Waals surface area (Å²) in [6, 6.07) is 3.69. The highest BCUT2D eigenvalue weighted by molar-refractivity contribution is 6.34. The lowest BCUT2D eigenvalue weighted by atomic mass is 10.1. The van der Waals surface area contributed by atoms with Gasteiger partial charge in [-0.1, -0.05) is 24.6 Å². The summed E-state index contributed by atoms with van der Waals surface area (Å²) in [6.45, 7) is 4.51. The minimum Gasteiger partial charge on any atom is -0.306 e. The van der Waals surface area contributed by atoms with Gasteiger partial charge in [0.15, 0.2) is 5.82 Å². The van der Waals surface area contributed by atoms with Crippen LogP contribution in [0.15, 0.2) is 18.2 Å². The molecule has 0 saturated carbocycles. The first kappa shape index (κ1) is 17.0. The van der Waals surface area contributed by atoms with Gasteiger partial charge in [-0.15, -0.1) is 20.4 Å². The van der Waals surface area contributed by atoms with Crippen LogP contribution in [0.5, 0.6) is 0 Å². The van der Waals surface area contributed by atoms with Crippen LogP contribution in [0, 0.1) is 0 Å². The second kappa shape index (κ2) is 5.80. The molecule has 1 atom stereocenters. The SMILES string of the molecule is CCc1nnc2n1CC(C)n1c(-c3cccc(C(F)(F)F)c3Cl)nnc1-2. The van der Waals surface area contributed by atoms with Gasteiger partial charge < -0.3 is 4.57 Å². The van der Waals surface area contributed by atoms with E-state index in [4.69, 9.17) is 11.6 Å². The summed E-state index contributed by atoms with van der Waals surface area (Å²) >= 11 is 6.07. The van der Waals surface area contributed by atoms with E-state index in [1.165, 1.54) is 12.1 Å². The third-order valence-electron chi connectivity index (χ3n) is 4.47. The molecule has 3 heterocycles. The summed E-state index contributed by atoms with van der Waals surface area (Å²) in [6.07, 6.45) is -3.82. The van der Waals surface area contributed by atoms with Crippen LogP contribution < -0.4 is 0 Å². The Morgan fingerprint density at radius 3 is 2.50 bits per heavy atom. The molecule has 26 heavy (non-hydrogen) atoms. The maximum absolute atomic E-state index is 13.2. The quantitative estimate of drug-likeness (QED) is 0.671. The van der Waals surface area contributed by atoms with E-state index in [0.29, 0.717) is 18.2 Å². The molecule has 1 aliphatic rings. The first-order chi connectivity index (χ1) is 12.3. The van der Waals surface area contributed by atoms with Crippen molar-refractivity contribution in [3.8, 4) is 23.0 Å². The van der Waals surface area contributed by atoms with Crippen molar-refractivity contribution in [3.63, 3.8) is 0 Å². The molecule has 1 unspecified atom stereocenters. The van der Waals surface area contributed by atoms with Crippen molar-refractivity contribution in [3.05, 3.63) is 34.6 Å². The molecule has 2 aromatic heterocycles. The fourth-order valence-corrected chi connectivity index (χ4v) is 3.59. The molecular weight excluding hydrogens is 369 g/mol. The van der Waals surface area contributed by atoms with Gasteiger partial charge >= 0.3 is 6.18 Å². The topological polar surface area (TPSA) is 61.4 Å². The number of hydrogen-bond donors (Lipinski definition) is 0. The van der Waals surface area contributed by atoms with E-state index in [-0.39, 0.29) is 22.5 Å². The standard InChI is InChI=1S/C16H14ClF3N6/c1-3-11-21-23-14-15-24-22-13(26(15)8(2)7-25(11)14)9-5-4-6-10(12(9)17)16(18,19)20/h4-6,8H,3,7H2,1-2H3. The number of aromatic nitrogens is 6. The van der Waals surface area contributed by atoms with Crippen LogP contribution in [-0.2, 0) is 19.1 Å². The molecule has 1 aliphatic heterocycles. The molecule has 0 fully saturated rings. The zero-order chi connectivity index (χ0) is 18.6. The van der Waals surface area contributed by atoms with Gasteiger partial charge in [0, 0.05) is 18.5 Å². The van der Waals surface area contributed by atoms with E-state index in [0.717, 1.165) is 18.3 Å². The molecular formula is C16H14ClF3N6. The number of halogens is 4. The molecule has 0 saturated heterocycles. The number of benzene rings is 1. The minimum atomic E-state index is -4.54. The first-order valence-corrected chi connectivity index (χ1v) is 8.44. The van der Waals surface area contributed by atoms with Crippen molar-refractivity contribution in [2.75, 3.05) is 0 Å². The Morgan fingerprint density at radius 1 is 1.12 bits per heavy atom. The Bertz CT molecular complexity index is 991. The van der Waals surface area contributed by atoms with Crippen LogP contribution in [0.25, 0.3) is 23.0 Å². The Morgan fingerprint density at radius 2 is 1.81 bits per heavy atom. The predicted octanol–water partition coefficient (Wildman–Crippen LogP) is 4.01. The number of nitrogens with zero attached hydrogens (tertiary/aromatic N) is 6. The monoisotopic (exact) mass is 382 g/mol. The average molecular weight is 383 g/mol. The van der Waals surface area contributed by atoms with Gasteiger partial charge in [0.2, 0.25) is 11.6 Å². The molecule has 0 aliphatic carbocycles. The molecule has 0 N–H and O–H groups in total. The molecule has 136 valence electrons. The number of alkyl halides is 3. The van der Waals surface area contributed by atoms with Crippen molar-refractivity contribution in [1.82, 2.24) is 29.5 Å². The van der Waals surface area contributed by atoms with Crippen LogP contribution >= 0.6 is 11.6 Å². The van der Waals surface area contributed by atoms with E-state index >= 15 is 0 Å². The minimum absolute atomic E-state index is 0.0885. The molecule has 3 aromatic rings. The highest BCUT2D eigenvalue weighted by atomic mass is 35.5. The summed E-state index contributed by atoms with van der Waals surface area (Å²) in [7, 11) is 0. The normalized spacial score (nSPS) is 16.5. The third kappa shape index (κ3) is 2.41. The highest BCUT2D eigenvalue weighted by Crippen LogP contribution is 2.41. The summed E-state index contributed by atoms with van der Waals surface area (Å²) in [4.78, 5) is 0. The Balaban J connectivity index is 1.91. The highest BCUT2D eigenvalue weighted by Gasteiger charge is 2.36. The maximum Gasteiger partial charge on any atom is 0.417 e. The first-order valence-electron chi connectivity index (χ1n) is 8.06. The van der Waals surface area contributed by atoms with E-state index in [1.54, 1.807) is 4.57 Å². The average Bonchev–Trinajstić information content (AvgIpc) is 3.18. The fourth-order valence-electron chi connectivity index (χ4n) is 3.27. The van der Waals surface area contributed by atoms with Crippen molar-refractivity contribution < 1.29 is 13.2 Å². The van der Waals surface area contributed by atoms with Crippen LogP contribution in [0.1, 0.15) is 31.3 Å². The number of hydrogen-bond acceptors (Lipinski definition) is 4. The summed E-state index contributed by atoms with van der Waals surface area (Å²) in [5.41, 5.74) is -0.704. The molecule has 0 amide bonds. The van der Waals surface area contributed by atoms with Crippen LogP contribution in [0.2, 0.25) is 5.02 Å². The van der Waals surface area contributed by atoms with Crippen LogP contribution in [-0.4, -0.2) is 29.5 Å². The predicted molar refractivity (Wildman–Crippen MR) is 88.6 cm³/mol. The van der Waals surface area contributed by atoms with Crippen LogP contribution in [0.3, 0.4) is 0 Å². The zero-order valence-electron chi connectivity index (χ0n) is 13.9. The Labute approximate surface area is 151 Å². The van der Waals surface area contributed by atoms with E-state index in [2.05, 4.69) is 20.4 Å². The lowest BCUT2D eigenvalue weighted by molar-refractivity contribution is -0.137.